The zero-order chi connectivity index (χ0) is 19.7. The van der Waals surface area contributed by atoms with Gasteiger partial charge in [-0.05, 0) is 48.2 Å². The number of ketones is 1. The number of aromatic nitrogens is 2. The largest absolute Gasteiger partial charge is 0.493 e. The van der Waals surface area contributed by atoms with Crippen LogP contribution in [-0.4, -0.2) is 22.9 Å². The average Bonchev–Trinajstić information content (AvgIpc) is 2.68. The predicted octanol–water partition coefficient (Wildman–Crippen LogP) is 5.11. The maximum atomic E-state index is 12.5. The number of Topliss-reactive ketones (excluding diaryl/α,β-unsaturated/α-hetero) is 1. The van der Waals surface area contributed by atoms with Gasteiger partial charge in [-0.25, -0.2) is 9.97 Å². The third-order valence-electron chi connectivity index (χ3n) is 4.97. The molecule has 0 saturated heterocycles. The van der Waals surface area contributed by atoms with Gasteiger partial charge < -0.3 is 4.74 Å². The molecule has 0 N–H and O–H groups in total. The van der Waals surface area contributed by atoms with Gasteiger partial charge in [0.2, 0.25) is 0 Å². The monoisotopic (exact) mass is 373 g/mol. The van der Waals surface area contributed by atoms with Gasteiger partial charge >= 0.3 is 0 Å². The Hall–Kier alpha value is -3.21. The fraction of sp³-hybridized carbons (Fsp3) is 0.261. The molecule has 0 atom stereocenters. The number of fused-ring (bicyclic) bond motifs is 1. The van der Waals surface area contributed by atoms with Gasteiger partial charge in [0.15, 0.2) is 17.4 Å². The summed E-state index contributed by atoms with van der Waals surface area (Å²) in [6, 6.07) is 17.4. The Bertz CT molecular complexity index is 1020. The van der Waals surface area contributed by atoms with Crippen molar-refractivity contribution in [2.75, 3.05) is 12.0 Å². The number of rotatable bonds is 4. The van der Waals surface area contributed by atoms with Gasteiger partial charge in [-0.3, -0.25) is 9.69 Å². The van der Waals surface area contributed by atoms with E-state index in [0.717, 1.165) is 23.4 Å². The number of carbonyl (C=O) groups is 1. The smallest absolute Gasteiger partial charge is 0.181 e. The number of pyridine rings is 2. The van der Waals surface area contributed by atoms with Crippen LogP contribution < -0.4 is 9.64 Å². The Morgan fingerprint density at radius 1 is 1.00 bits per heavy atom. The van der Waals surface area contributed by atoms with Gasteiger partial charge in [-0.15, -0.1) is 0 Å². The van der Waals surface area contributed by atoms with Crippen molar-refractivity contribution in [2.45, 2.75) is 26.7 Å². The maximum Gasteiger partial charge on any atom is 0.181 e. The predicted molar refractivity (Wildman–Crippen MR) is 110 cm³/mol. The molecule has 4 rings (SSSR count). The second kappa shape index (κ2) is 7.08. The zero-order valence-corrected chi connectivity index (χ0v) is 16.3. The van der Waals surface area contributed by atoms with Crippen LogP contribution in [-0.2, 0) is 6.42 Å². The number of methoxy groups -OCH3 is 1. The van der Waals surface area contributed by atoms with Crippen molar-refractivity contribution in [3.8, 4) is 5.75 Å². The number of hydrogen-bond acceptors (Lipinski definition) is 5. The molecule has 5 nitrogen and oxygen atoms in total. The first kappa shape index (κ1) is 18.2. The molecule has 1 aliphatic carbocycles. The fourth-order valence-corrected chi connectivity index (χ4v) is 3.70. The molecular weight excluding hydrogens is 350 g/mol. The second-order valence-corrected chi connectivity index (χ2v) is 7.80. The summed E-state index contributed by atoms with van der Waals surface area (Å²) < 4.78 is 5.55. The van der Waals surface area contributed by atoms with E-state index in [9.17, 15) is 4.79 Å². The van der Waals surface area contributed by atoms with Crippen LogP contribution in [0, 0.1) is 5.41 Å². The number of benzene rings is 1. The van der Waals surface area contributed by atoms with E-state index in [1.807, 2.05) is 59.5 Å². The second-order valence-electron chi connectivity index (χ2n) is 7.80. The topological polar surface area (TPSA) is 55.3 Å². The summed E-state index contributed by atoms with van der Waals surface area (Å²) in [5.74, 6) is 2.19. The van der Waals surface area contributed by atoms with Crippen LogP contribution in [0.5, 0.6) is 5.75 Å². The van der Waals surface area contributed by atoms with E-state index in [-0.39, 0.29) is 11.2 Å². The number of anilines is 3. The van der Waals surface area contributed by atoms with Crippen molar-refractivity contribution in [2.24, 2.45) is 5.41 Å². The summed E-state index contributed by atoms with van der Waals surface area (Å²) in [6.45, 7) is 4.22. The molecule has 0 amide bonds. The van der Waals surface area contributed by atoms with E-state index in [1.165, 1.54) is 0 Å². The number of carbonyl (C=O) groups excluding carboxylic acids is 1. The van der Waals surface area contributed by atoms with E-state index in [0.29, 0.717) is 23.8 Å². The number of ether oxygens (including phenoxy) is 1. The molecule has 2 aromatic heterocycles. The average molecular weight is 373 g/mol. The minimum Gasteiger partial charge on any atom is -0.493 e. The minimum absolute atomic E-state index is 0.0873. The molecule has 2 heterocycles. The minimum atomic E-state index is -0.0873. The van der Waals surface area contributed by atoms with E-state index < -0.39 is 0 Å². The fourth-order valence-electron chi connectivity index (χ4n) is 3.70. The lowest BCUT2D eigenvalue weighted by atomic mass is 9.76. The standard InChI is InChI=1S/C23H23N3O2/c1-23(2)14-18-17(19(27)15-23)11-12-21(25-18)26(16-8-5-4-6-9-16)22-20(28-3)10-7-13-24-22/h4-13H,14-15H2,1-3H3. The van der Waals surface area contributed by atoms with Crippen molar-refractivity contribution in [1.82, 2.24) is 9.97 Å². The first-order chi connectivity index (χ1) is 13.5. The molecule has 28 heavy (non-hydrogen) atoms. The molecule has 0 aliphatic heterocycles. The molecule has 142 valence electrons. The summed E-state index contributed by atoms with van der Waals surface area (Å²) in [5, 5.41) is 0. The quantitative estimate of drug-likeness (QED) is 0.636. The van der Waals surface area contributed by atoms with Gasteiger partial charge in [0.05, 0.1) is 12.8 Å². The highest BCUT2D eigenvalue weighted by molar-refractivity contribution is 5.99. The van der Waals surface area contributed by atoms with Crippen LogP contribution in [0.25, 0.3) is 0 Å². The van der Waals surface area contributed by atoms with Crippen LogP contribution in [0.15, 0.2) is 60.8 Å². The molecule has 5 heteroatoms. The Balaban J connectivity index is 1.88. The highest BCUT2D eigenvalue weighted by Crippen LogP contribution is 2.39. The molecule has 0 radical (unpaired) electrons. The Labute approximate surface area is 165 Å². The number of nitrogens with zero attached hydrogens (tertiary/aromatic N) is 3. The van der Waals surface area contributed by atoms with E-state index in [4.69, 9.17) is 9.72 Å². The van der Waals surface area contributed by atoms with E-state index in [2.05, 4.69) is 18.8 Å². The highest BCUT2D eigenvalue weighted by Gasteiger charge is 2.32. The number of para-hydroxylation sites is 1. The summed E-state index contributed by atoms with van der Waals surface area (Å²) in [7, 11) is 1.63. The molecule has 0 saturated carbocycles. The van der Waals surface area contributed by atoms with Gasteiger partial charge in [0.1, 0.15) is 5.82 Å². The van der Waals surface area contributed by atoms with Crippen LogP contribution in [0.4, 0.5) is 17.3 Å². The lowest BCUT2D eigenvalue weighted by Gasteiger charge is -2.31. The third-order valence-corrected chi connectivity index (χ3v) is 4.97. The lowest BCUT2D eigenvalue weighted by Crippen LogP contribution is -2.28. The van der Waals surface area contributed by atoms with Gasteiger partial charge in [0, 0.05) is 23.9 Å². The molecular formula is C23H23N3O2. The van der Waals surface area contributed by atoms with Crippen molar-refractivity contribution in [1.29, 1.82) is 0 Å². The van der Waals surface area contributed by atoms with Crippen molar-refractivity contribution < 1.29 is 9.53 Å². The highest BCUT2D eigenvalue weighted by atomic mass is 16.5. The molecule has 3 aromatic rings. The maximum absolute atomic E-state index is 12.5. The Morgan fingerprint density at radius 2 is 1.79 bits per heavy atom. The zero-order valence-electron chi connectivity index (χ0n) is 16.3. The van der Waals surface area contributed by atoms with E-state index >= 15 is 0 Å². The molecule has 0 bridgehead atoms. The van der Waals surface area contributed by atoms with Crippen molar-refractivity contribution >= 4 is 23.1 Å². The summed E-state index contributed by atoms with van der Waals surface area (Å²) in [6.07, 6.45) is 3.06. The first-order valence-electron chi connectivity index (χ1n) is 9.36. The first-order valence-corrected chi connectivity index (χ1v) is 9.36. The van der Waals surface area contributed by atoms with E-state index in [1.54, 1.807) is 13.3 Å². The molecule has 0 unspecified atom stereocenters. The molecule has 1 aromatic carbocycles. The summed E-state index contributed by atoms with van der Waals surface area (Å²) in [5.41, 5.74) is 2.41. The Morgan fingerprint density at radius 3 is 2.54 bits per heavy atom. The van der Waals surface area contributed by atoms with Gasteiger partial charge in [-0.1, -0.05) is 32.0 Å². The van der Waals surface area contributed by atoms with Crippen LogP contribution in [0.3, 0.4) is 0 Å². The molecule has 0 spiro atoms. The summed E-state index contributed by atoms with van der Waals surface area (Å²) in [4.78, 5) is 23.9. The third kappa shape index (κ3) is 3.36. The van der Waals surface area contributed by atoms with Crippen LogP contribution in [0.1, 0.15) is 36.3 Å². The van der Waals surface area contributed by atoms with Crippen molar-refractivity contribution in [3.05, 3.63) is 72.1 Å². The normalized spacial score (nSPS) is 15.0. The molecule has 1 aliphatic rings. The van der Waals surface area contributed by atoms with Crippen molar-refractivity contribution in [3.63, 3.8) is 0 Å². The SMILES string of the molecule is COc1cccnc1N(c1ccccc1)c1ccc2c(n1)CC(C)(C)CC2=O. The summed E-state index contributed by atoms with van der Waals surface area (Å²) >= 11 is 0. The lowest BCUT2D eigenvalue weighted by molar-refractivity contribution is 0.0910. The van der Waals surface area contributed by atoms with Crippen LogP contribution in [0.2, 0.25) is 0 Å². The molecule has 0 fully saturated rings. The van der Waals surface area contributed by atoms with Crippen LogP contribution >= 0.6 is 0 Å². The van der Waals surface area contributed by atoms with Gasteiger partial charge in [0.25, 0.3) is 0 Å². The number of hydrogen-bond donors (Lipinski definition) is 0. The Kier molecular flexibility index (Phi) is 4.59. The van der Waals surface area contributed by atoms with Gasteiger partial charge in [-0.2, -0.15) is 0 Å².